The first-order valence-corrected chi connectivity index (χ1v) is 9.39. The number of amides is 1. The van der Waals surface area contributed by atoms with Crippen LogP contribution >= 0.6 is 11.3 Å². The third-order valence-corrected chi connectivity index (χ3v) is 4.93. The number of nitrogens with two attached hydrogens (primary N) is 1. The number of aryl methyl sites for hydroxylation is 1. The summed E-state index contributed by atoms with van der Waals surface area (Å²) in [6.07, 6.45) is -6.85. The highest BCUT2D eigenvalue weighted by atomic mass is 32.1. The van der Waals surface area contributed by atoms with E-state index >= 15 is 0 Å². The summed E-state index contributed by atoms with van der Waals surface area (Å²) in [5, 5.41) is 7.92. The quantitative estimate of drug-likeness (QED) is 0.643. The van der Waals surface area contributed by atoms with Gasteiger partial charge in [0.2, 0.25) is 5.91 Å². The number of benzene rings is 1. The molecule has 0 fully saturated rings. The molecule has 1 aromatic heterocycles. The summed E-state index contributed by atoms with van der Waals surface area (Å²) in [6, 6.07) is 3.31. The molecule has 0 aliphatic carbocycles. The second-order valence-corrected chi connectivity index (χ2v) is 7.37. The molecule has 6 nitrogen and oxygen atoms in total. The molecule has 3 N–H and O–H groups in total. The van der Waals surface area contributed by atoms with Gasteiger partial charge in [-0.2, -0.15) is 26.3 Å². The molecule has 13 heteroatoms. The standard InChI is InChI=1S/C16H18F3N3OS.C2HF3O2/c1-3-12-8-21-13(24-12)9-22(2)15(23)14(20)10-4-6-11(7-5-10)16(17,18)19;3-2(4,5)1(6)7/h4-8,14H,3,9,20H2,1-2H3;(H,6,7). The van der Waals surface area contributed by atoms with Crippen molar-refractivity contribution in [2.24, 2.45) is 5.73 Å². The minimum absolute atomic E-state index is 0.317. The van der Waals surface area contributed by atoms with Crippen LogP contribution in [0.15, 0.2) is 30.5 Å². The van der Waals surface area contributed by atoms with E-state index in [2.05, 4.69) is 4.98 Å². The molecule has 1 atom stereocenters. The van der Waals surface area contributed by atoms with E-state index in [1.165, 1.54) is 28.4 Å². The first-order chi connectivity index (χ1) is 14.2. The van der Waals surface area contributed by atoms with Gasteiger partial charge in [-0.3, -0.25) is 4.79 Å². The second-order valence-electron chi connectivity index (χ2n) is 6.17. The Morgan fingerprint density at radius 2 is 1.68 bits per heavy atom. The number of carboxylic acids is 1. The maximum Gasteiger partial charge on any atom is 0.490 e. The Morgan fingerprint density at radius 3 is 2.06 bits per heavy atom. The summed E-state index contributed by atoms with van der Waals surface area (Å²) in [5.41, 5.74) is 5.47. The zero-order valence-electron chi connectivity index (χ0n) is 16.3. The highest BCUT2D eigenvalue weighted by molar-refractivity contribution is 7.11. The number of likely N-dealkylation sites (N-methyl/N-ethyl adjacent to an activating group) is 1. The molecule has 1 amide bonds. The predicted octanol–water partition coefficient (Wildman–Crippen LogP) is 4.02. The van der Waals surface area contributed by atoms with Crippen molar-refractivity contribution in [3.63, 3.8) is 0 Å². The van der Waals surface area contributed by atoms with Crippen LogP contribution < -0.4 is 5.73 Å². The van der Waals surface area contributed by atoms with Crippen LogP contribution in [-0.4, -0.2) is 40.1 Å². The lowest BCUT2D eigenvalue weighted by atomic mass is 10.0. The number of hydrogen-bond donors (Lipinski definition) is 2. The Hall–Kier alpha value is -2.67. The van der Waals surface area contributed by atoms with Crippen LogP contribution in [0, 0.1) is 0 Å². The number of carbonyl (C=O) groups excluding carboxylic acids is 1. The Kier molecular flexibility index (Phi) is 8.99. The minimum Gasteiger partial charge on any atom is -0.475 e. The Bertz CT molecular complexity index is 881. The van der Waals surface area contributed by atoms with Crippen molar-refractivity contribution in [1.29, 1.82) is 0 Å². The fourth-order valence-corrected chi connectivity index (χ4v) is 3.04. The van der Waals surface area contributed by atoms with Crippen LogP contribution in [-0.2, 0) is 28.7 Å². The van der Waals surface area contributed by atoms with Crippen molar-refractivity contribution >= 4 is 23.2 Å². The van der Waals surface area contributed by atoms with Crippen LogP contribution in [0.1, 0.15) is 34.0 Å². The van der Waals surface area contributed by atoms with Crippen LogP contribution in [0.25, 0.3) is 0 Å². The van der Waals surface area contributed by atoms with Crippen molar-refractivity contribution < 1.29 is 41.0 Å². The molecule has 0 radical (unpaired) electrons. The van der Waals surface area contributed by atoms with Crippen molar-refractivity contribution in [3.8, 4) is 0 Å². The fourth-order valence-electron chi connectivity index (χ4n) is 2.12. The van der Waals surface area contributed by atoms with Crippen LogP contribution in [0.5, 0.6) is 0 Å². The van der Waals surface area contributed by atoms with Gasteiger partial charge in [-0.05, 0) is 24.1 Å². The number of carboxylic acid groups (broad SMARTS) is 1. The van der Waals surface area contributed by atoms with Gasteiger partial charge in [-0.25, -0.2) is 9.78 Å². The molecule has 1 aromatic carbocycles. The number of aliphatic carboxylic acids is 1. The highest BCUT2D eigenvalue weighted by Crippen LogP contribution is 2.30. The molecule has 31 heavy (non-hydrogen) atoms. The number of rotatable bonds is 5. The van der Waals surface area contributed by atoms with Gasteiger partial charge in [0.1, 0.15) is 11.0 Å². The molecule has 2 rings (SSSR count). The third kappa shape index (κ3) is 8.17. The van der Waals surface area contributed by atoms with Gasteiger partial charge in [-0.1, -0.05) is 19.1 Å². The molecule has 0 spiro atoms. The number of alkyl halides is 6. The average molecular weight is 471 g/mol. The van der Waals surface area contributed by atoms with E-state index in [1.807, 2.05) is 6.92 Å². The van der Waals surface area contributed by atoms with E-state index in [-0.39, 0.29) is 5.91 Å². The normalized spacial score (nSPS) is 12.5. The number of aromatic nitrogens is 1. The van der Waals surface area contributed by atoms with E-state index < -0.39 is 29.9 Å². The average Bonchev–Trinajstić information content (AvgIpc) is 3.13. The summed E-state index contributed by atoms with van der Waals surface area (Å²) in [5.74, 6) is -3.13. The number of carbonyl (C=O) groups is 2. The fraction of sp³-hybridized carbons (Fsp3) is 0.389. The van der Waals surface area contributed by atoms with E-state index in [1.54, 1.807) is 13.2 Å². The molecule has 0 aliphatic rings. The summed E-state index contributed by atoms with van der Waals surface area (Å²) >= 11 is 1.52. The Balaban J connectivity index is 0.000000592. The van der Waals surface area contributed by atoms with Crippen LogP contribution in [0.4, 0.5) is 26.3 Å². The molecule has 0 saturated carbocycles. The van der Waals surface area contributed by atoms with E-state index in [0.717, 1.165) is 28.4 Å². The highest BCUT2D eigenvalue weighted by Gasteiger charge is 2.38. The van der Waals surface area contributed by atoms with Crippen molar-refractivity contribution in [3.05, 3.63) is 51.5 Å². The zero-order chi connectivity index (χ0) is 24.0. The monoisotopic (exact) mass is 471 g/mol. The number of nitrogens with zero attached hydrogens (tertiary/aromatic N) is 2. The number of hydrogen-bond acceptors (Lipinski definition) is 5. The first kappa shape index (κ1) is 26.4. The minimum atomic E-state index is -5.08. The van der Waals surface area contributed by atoms with E-state index in [4.69, 9.17) is 15.6 Å². The lowest BCUT2D eigenvalue weighted by molar-refractivity contribution is -0.192. The maximum atomic E-state index is 12.6. The Labute approximate surface area is 177 Å². The van der Waals surface area contributed by atoms with E-state index in [0.29, 0.717) is 12.1 Å². The molecular formula is C18H19F6N3O3S. The van der Waals surface area contributed by atoms with Gasteiger partial charge in [0.25, 0.3) is 0 Å². The largest absolute Gasteiger partial charge is 0.490 e. The summed E-state index contributed by atoms with van der Waals surface area (Å²) < 4.78 is 69.4. The first-order valence-electron chi connectivity index (χ1n) is 8.58. The predicted molar refractivity (Wildman–Crippen MR) is 100 cm³/mol. The summed E-state index contributed by atoms with van der Waals surface area (Å²) in [4.78, 5) is 28.1. The number of halogens is 6. The third-order valence-electron chi connectivity index (χ3n) is 3.80. The second kappa shape index (κ2) is 10.6. The molecule has 0 saturated heterocycles. The molecule has 1 unspecified atom stereocenters. The van der Waals surface area contributed by atoms with Gasteiger partial charge in [0.05, 0.1) is 12.1 Å². The Morgan fingerprint density at radius 1 is 1.16 bits per heavy atom. The van der Waals surface area contributed by atoms with Gasteiger partial charge in [-0.15, -0.1) is 11.3 Å². The molecule has 2 aromatic rings. The molecule has 0 aliphatic heterocycles. The van der Waals surface area contributed by atoms with E-state index in [9.17, 15) is 31.1 Å². The van der Waals surface area contributed by atoms with Crippen LogP contribution in [0.3, 0.4) is 0 Å². The SMILES string of the molecule is CCc1cnc(CN(C)C(=O)C(N)c2ccc(C(F)(F)F)cc2)s1.O=C(O)C(F)(F)F. The lowest BCUT2D eigenvalue weighted by Crippen LogP contribution is -2.35. The van der Waals surface area contributed by atoms with Crippen molar-refractivity contribution in [2.45, 2.75) is 38.3 Å². The summed E-state index contributed by atoms with van der Waals surface area (Å²) in [7, 11) is 1.60. The van der Waals surface area contributed by atoms with Gasteiger partial charge in [0.15, 0.2) is 0 Å². The molecule has 1 heterocycles. The zero-order valence-corrected chi connectivity index (χ0v) is 17.1. The van der Waals surface area contributed by atoms with Crippen LogP contribution in [0.2, 0.25) is 0 Å². The summed E-state index contributed by atoms with van der Waals surface area (Å²) in [6.45, 7) is 2.34. The molecular weight excluding hydrogens is 452 g/mol. The van der Waals surface area contributed by atoms with Gasteiger partial charge < -0.3 is 15.7 Å². The van der Waals surface area contributed by atoms with Gasteiger partial charge >= 0.3 is 18.3 Å². The van der Waals surface area contributed by atoms with Crippen molar-refractivity contribution in [1.82, 2.24) is 9.88 Å². The molecule has 0 bridgehead atoms. The van der Waals surface area contributed by atoms with Gasteiger partial charge in [0, 0.05) is 18.1 Å². The topological polar surface area (TPSA) is 96.5 Å². The molecule has 172 valence electrons. The maximum absolute atomic E-state index is 12.6. The van der Waals surface area contributed by atoms with Crippen molar-refractivity contribution in [2.75, 3.05) is 7.05 Å². The smallest absolute Gasteiger partial charge is 0.475 e. The number of thiazole rings is 1. The lowest BCUT2D eigenvalue weighted by Gasteiger charge is -2.21.